The molecule has 0 radical (unpaired) electrons. The van der Waals surface area contributed by atoms with Crippen molar-refractivity contribution in [2.75, 3.05) is 30.8 Å². The summed E-state index contributed by atoms with van der Waals surface area (Å²) < 4.78 is 25.0. The Morgan fingerprint density at radius 2 is 1.75 bits per heavy atom. The number of rotatable bonds is 5. The SMILES string of the molecule is CC1CN(c2ccccc2-c2cnc(S(C)(=O)=O)nc2)CCN1C(=O)Cn1cc2ccccc2c1O. The van der Waals surface area contributed by atoms with Crippen LogP contribution >= 0.6 is 0 Å². The third kappa shape index (κ3) is 4.51. The highest BCUT2D eigenvalue weighted by Gasteiger charge is 2.29. The molecule has 0 aliphatic carbocycles. The number of benzene rings is 2. The number of anilines is 1. The number of carbonyl (C=O) groups excluding carboxylic acids is 1. The fourth-order valence-corrected chi connectivity index (χ4v) is 5.23. The summed E-state index contributed by atoms with van der Waals surface area (Å²) in [5, 5.41) is 12.0. The van der Waals surface area contributed by atoms with Crippen molar-refractivity contribution >= 4 is 32.2 Å². The average Bonchev–Trinajstić information content (AvgIpc) is 3.18. The monoisotopic (exact) mass is 505 g/mol. The molecule has 1 unspecified atom stereocenters. The van der Waals surface area contributed by atoms with Crippen molar-refractivity contribution in [2.45, 2.75) is 24.7 Å². The van der Waals surface area contributed by atoms with Gasteiger partial charge in [0.25, 0.3) is 0 Å². The van der Waals surface area contributed by atoms with E-state index in [-0.39, 0.29) is 29.5 Å². The molecule has 1 amide bonds. The van der Waals surface area contributed by atoms with E-state index in [1.54, 1.807) is 10.8 Å². The lowest BCUT2D eigenvalue weighted by Crippen LogP contribution is -2.54. The van der Waals surface area contributed by atoms with Crippen molar-refractivity contribution in [1.82, 2.24) is 19.4 Å². The van der Waals surface area contributed by atoms with Gasteiger partial charge in [-0.2, -0.15) is 0 Å². The second-order valence-corrected chi connectivity index (χ2v) is 11.0. The van der Waals surface area contributed by atoms with Gasteiger partial charge in [0.2, 0.25) is 20.9 Å². The molecule has 1 aliphatic heterocycles. The lowest BCUT2D eigenvalue weighted by atomic mass is 10.0. The zero-order valence-corrected chi connectivity index (χ0v) is 20.9. The maximum atomic E-state index is 13.2. The summed E-state index contributed by atoms with van der Waals surface area (Å²) in [5.41, 5.74) is 2.59. The molecular weight excluding hydrogens is 478 g/mol. The van der Waals surface area contributed by atoms with Crippen molar-refractivity contribution in [3.63, 3.8) is 0 Å². The maximum absolute atomic E-state index is 13.2. The molecule has 1 N–H and O–H groups in total. The molecule has 0 bridgehead atoms. The van der Waals surface area contributed by atoms with Gasteiger partial charge in [0, 0.05) is 78.1 Å². The van der Waals surface area contributed by atoms with Crippen LogP contribution in [-0.4, -0.2) is 70.8 Å². The first-order chi connectivity index (χ1) is 17.2. The summed E-state index contributed by atoms with van der Waals surface area (Å²) in [4.78, 5) is 25.3. The lowest BCUT2D eigenvalue weighted by Gasteiger charge is -2.41. The first-order valence-corrected chi connectivity index (χ1v) is 13.5. The van der Waals surface area contributed by atoms with E-state index >= 15 is 0 Å². The van der Waals surface area contributed by atoms with Gasteiger partial charge >= 0.3 is 0 Å². The van der Waals surface area contributed by atoms with Gasteiger partial charge in [0.1, 0.15) is 6.54 Å². The third-order valence-electron chi connectivity index (χ3n) is 6.54. The lowest BCUT2D eigenvalue weighted by molar-refractivity contribution is -0.134. The molecule has 9 nitrogen and oxygen atoms in total. The number of carbonyl (C=O) groups is 1. The summed E-state index contributed by atoms with van der Waals surface area (Å²) in [7, 11) is -3.47. The third-order valence-corrected chi connectivity index (χ3v) is 7.41. The predicted molar refractivity (Wildman–Crippen MR) is 138 cm³/mol. The second-order valence-electron chi connectivity index (χ2n) is 9.09. The molecular formula is C26H27N5O4S. The van der Waals surface area contributed by atoms with E-state index in [9.17, 15) is 18.3 Å². The fourth-order valence-electron chi connectivity index (χ4n) is 4.74. The molecule has 2 aromatic carbocycles. The number of para-hydroxylation sites is 1. The van der Waals surface area contributed by atoms with Crippen LogP contribution in [0.1, 0.15) is 6.92 Å². The second kappa shape index (κ2) is 9.27. The number of aromatic hydroxyl groups is 1. The molecule has 0 spiro atoms. The number of sulfone groups is 1. The minimum Gasteiger partial charge on any atom is -0.494 e. The minimum atomic E-state index is -3.47. The smallest absolute Gasteiger partial charge is 0.246 e. The van der Waals surface area contributed by atoms with Crippen LogP contribution in [0.25, 0.3) is 21.9 Å². The van der Waals surface area contributed by atoms with Gasteiger partial charge in [-0.05, 0) is 19.1 Å². The number of hydrogen-bond donors (Lipinski definition) is 1. The number of hydrogen-bond acceptors (Lipinski definition) is 7. The van der Waals surface area contributed by atoms with Gasteiger partial charge in [-0.3, -0.25) is 4.79 Å². The molecule has 10 heteroatoms. The Hall–Kier alpha value is -3.92. The van der Waals surface area contributed by atoms with Gasteiger partial charge in [-0.1, -0.05) is 36.4 Å². The normalized spacial score (nSPS) is 16.4. The van der Waals surface area contributed by atoms with Crippen LogP contribution < -0.4 is 4.90 Å². The number of aromatic nitrogens is 3. The zero-order valence-electron chi connectivity index (χ0n) is 20.1. The Labute approximate surface area is 209 Å². The number of fused-ring (bicyclic) bond motifs is 1. The van der Waals surface area contributed by atoms with Gasteiger partial charge in [0.05, 0.1) is 0 Å². The van der Waals surface area contributed by atoms with Crippen LogP contribution in [0.5, 0.6) is 5.88 Å². The molecule has 1 fully saturated rings. The van der Waals surface area contributed by atoms with Gasteiger partial charge < -0.3 is 19.5 Å². The van der Waals surface area contributed by atoms with E-state index < -0.39 is 9.84 Å². The Morgan fingerprint density at radius 1 is 1.06 bits per heavy atom. The summed E-state index contributed by atoms with van der Waals surface area (Å²) in [6.07, 6.45) is 5.94. The molecule has 0 saturated carbocycles. The first-order valence-electron chi connectivity index (χ1n) is 11.6. The number of piperazine rings is 1. The molecule has 3 heterocycles. The highest BCUT2D eigenvalue weighted by molar-refractivity contribution is 7.90. The maximum Gasteiger partial charge on any atom is 0.246 e. The first kappa shape index (κ1) is 23.8. The standard InChI is InChI=1S/C26H27N5O4S/c1-18-15-29(23-10-6-5-8-21(23)20-13-27-26(28-14-20)36(2,34)35)11-12-31(18)24(32)17-30-16-19-7-3-4-9-22(19)25(30)33/h3-10,13-14,16,18,33H,11-12,15,17H2,1-2H3. The van der Waals surface area contributed by atoms with Crippen LogP contribution in [0, 0.1) is 0 Å². The van der Waals surface area contributed by atoms with Crippen LogP contribution in [0.15, 0.2) is 72.3 Å². The van der Waals surface area contributed by atoms with Crippen LogP contribution in [0.4, 0.5) is 5.69 Å². The van der Waals surface area contributed by atoms with Crippen molar-refractivity contribution in [1.29, 1.82) is 0 Å². The fraction of sp³-hybridized carbons (Fsp3) is 0.269. The Morgan fingerprint density at radius 3 is 2.44 bits per heavy atom. The minimum absolute atomic E-state index is 0.0456. The Bertz CT molecular complexity index is 1530. The van der Waals surface area contributed by atoms with E-state index in [2.05, 4.69) is 14.9 Å². The molecule has 1 aliphatic rings. The van der Waals surface area contributed by atoms with Crippen LogP contribution in [-0.2, 0) is 21.2 Å². The highest BCUT2D eigenvalue weighted by Crippen LogP contribution is 2.32. The predicted octanol–water partition coefficient (Wildman–Crippen LogP) is 2.94. The van der Waals surface area contributed by atoms with Crippen molar-refractivity contribution < 1.29 is 18.3 Å². The van der Waals surface area contributed by atoms with Crippen LogP contribution in [0.3, 0.4) is 0 Å². The molecule has 1 saturated heterocycles. The van der Waals surface area contributed by atoms with E-state index in [0.717, 1.165) is 33.8 Å². The summed E-state index contributed by atoms with van der Waals surface area (Å²) >= 11 is 0. The van der Waals surface area contributed by atoms with Gasteiger partial charge in [-0.25, -0.2) is 18.4 Å². The Kier molecular flexibility index (Phi) is 6.13. The molecule has 4 aromatic rings. The van der Waals surface area contributed by atoms with Gasteiger partial charge in [0.15, 0.2) is 5.88 Å². The van der Waals surface area contributed by atoms with E-state index in [1.807, 2.05) is 60.4 Å². The summed E-state index contributed by atoms with van der Waals surface area (Å²) in [6.45, 7) is 3.90. The summed E-state index contributed by atoms with van der Waals surface area (Å²) in [5.74, 6) is 0.0547. The van der Waals surface area contributed by atoms with Crippen molar-refractivity contribution in [3.8, 4) is 17.0 Å². The Balaban J connectivity index is 1.32. The van der Waals surface area contributed by atoms with Crippen molar-refractivity contribution in [3.05, 3.63) is 67.1 Å². The molecule has 2 aromatic heterocycles. The number of nitrogens with zero attached hydrogens (tertiary/aromatic N) is 5. The largest absolute Gasteiger partial charge is 0.494 e. The van der Waals surface area contributed by atoms with Crippen LogP contribution in [0.2, 0.25) is 0 Å². The van der Waals surface area contributed by atoms with Crippen molar-refractivity contribution in [2.24, 2.45) is 0 Å². The zero-order chi connectivity index (χ0) is 25.4. The average molecular weight is 506 g/mol. The summed E-state index contributed by atoms with van der Waals surface area (Å²) in [6, 6.07) is 15.3. The molecule has 5 rings (SSSR count). The quantitative estimate of drug-likeness (QED) is 0.416. The topological polar surface area (TPSA) is 109 Å². The van der Waals surface area contributed by atoms with E-state index in [4.69, 9.17) is 0 Å². The van der Waals surface area contributed by atoms with E-state index in [1.165, 1.54) is 12.4 Å². The van der Waals surface area contributed by atoms with Gasteiger partial charge in [-0.15, -0.1) is 0 Å². The highest BCUT2D eigenvalue weighted by atomic mass is 32.2. The molecule has 1 atom stereocenters. The molecule has 36 heavy (non-hydrogen) atoms. The number of amides is 1. The van der Waals surface area contributed by atoms with E-state index in [0.29, 0.717) is 19.6 Å². The molecule has 186 valence electrons.